The maximum absolute atomic E-state index is 5.96. The van der Waals surface area contributed by atoms with Crippen molar-refractivity contribution in [1.82, 2.24) is 4.98 Å². The minimum Gasteiger partial charge on any atom is -0.375 e. The summed E-state index contributed by atoms with van der Waals surface area (Å²) in [4.78, 5) is 5.48. The Bertz CT molecular complexity index is 360. The van der Waals surface area contributed by atoms with Crippen LogP contribution in [-0.2, 0) is 16.1 Å². The fraction of sp³-hybridized carbons (Fsp3) is 0.769. The molecule has 2 atom stereocenters. The third-order valence-electron chi connectivity index (χ3n) is 3.00. The standard InChI is InChI=1S/C13H22N2O2S/c1-4-14-13-15-7-12(18-13)8-16-11-5-9(2)17-10(3)6-11/h7,9-11H,4-6,8H2,1-3H3,(H,14,15). The molecule has 2 rings (SSSR count). The molecule has 1 aromatic heterocycles. The fourth-order valence-electron chi connectivity index (χ4n) is 2.29. The van der Waals surface area contributed by atoms with Crippen molar-refractivity contribution in [2.45, 2.75) is 58.5 Å². The van der Waals surface area contributed by atoms with Crippen LogP contribution in [-0.4, -0.2) is 29.8 Å². The lowest BCUT2D eigenvalue weighted by Gasteiger charge is -2.31. The lowest BCUT2D eigenvalue weighted by molar-refractivity contribution is -0.105. The molecule has 0 aromatic carbocycles. The number of nitrogens with one attached hydrogen (secondary N) is 1. The molecule has 1 aromatic rings. The van der Waals surface area contributed by atoms with Gasteiger partial charge >= 0.3 is 0 Å². The molecule has 4 nitrogen and oxygen atoms in total. The van der Waals surface area contributed by atoms with Gasteiger partial charge in [-0.2, -0.15) is 0 Å². The van der Waals surface area contributed by atoms with Crippen molar-refractivity contribution in [2.24, 2.45) is 0 Å². The second-order valence-corrected chi connectivity index (χ2v) is 5.94. The molecule has 1 saturated heterocycles. The second kappa shape index (κ2) is 6.50. The molecule has 0 bridgehead atoms. The van der Waals surface area contributed by atoms with E-state index in [1.54, 1.807) is 11.3 Å². The van der Waals surface area contributed by atoms with E-state index in [0.29, 0.717) is 24.9 Å². The molecule has 0 radical (unpaired) electrons. The highest BCUT2D eigenvalue weighted by atomic mass is 32.1. The van der Waals surface area contributed by atoms with Crippen LogP contribution in [0.15, 0.2) is 6.20 Å². The molecule has 0 amide bonds. The molecule has 2 heterocycles. The van der Waals surface area contributed by atoms with Gasteiger partial charge in [0.1, 0.15) is 0 Å². The van der Waals surface area contributed by atoms with Crippen LogP contribution in [0.4, 0.5) is 5.13 Å². The van der Waals surface area contributed by atoms with Crippen LogP contribution < -0.4 is 5.32 Å². The number of thiazole rings is 1. The van der Waals surface area contributed by atoms with Crippen LogP contribution in [0.1, 0.15) is 38.5 Å². The van der Waals surface area contributed by atoms with Gasteiger partial charge in [-0.1, -0.05) is 11.3 Å². The molecule has 2 unspecified atom stereocenters. The molecule has 1 N–H and O–H groups in total. The zero-order chi connectivity index (χ0) is 13.0. The van der Waals surface area contributed by atoms with Gasteiger partial charge in [0.05, 0.1) is 29.8 Å². The number of nitrogens with zero attached hydrogens (tertiary/aromatic N) is 1. The number of hydrogen-bond acceptors (Lipinski definition) is 5. The van der Waals surface area contributed by atoms with Crippen LogP contribution in [0.3, 0.4) is 0 Å². The van der Waals surface area contributed by atoms with Crippen molar-refractivity contribution in [2.75, 3.05) is 11.9 Å². The maximum atomic E-state index is 5.96. The quantitative estimate of drug-likeness (QED) is 0.893. The van der Waals surface area contributed by atoms with Gasteiger partial charge in [-0.05, 0) is 33.6 Å². The van der Waals surface area contributed by atoms with Crippen molar-refractivity contribution < 1.29 is 9.47 Å². The first kappa shape index (κ1) is 13.8. The summed E-state index contributed by atoms with van der Waals surface area (Å²) in [7, 11) is 0. The lowest BCUT2D eigenvalue weighted by atomic mass is 10.0. The van der Waals surface area contributed by atoms with E-state index in [-0.39, 0.29) is 0 Å². The third-order valence-corrected chi connectivity index (χ3v) is 3.93. The van der Waals surface area contributed by atoms with Crippen LogP contribution in [0.2, 0.25) is 0 Å². The summed E-state index contributed by atoms with van der Waals surface area (Å²) >= 11 is 1.67. The average molecular weight is 270 g/mol. The van der Waals surface area contributed by atoms with Crippen molar-refractivity contribution in [3.8, 4) is 0 Å². The number of ether oxygens (including phenoxy) is 2. The van der Waals surface area contributed by atoms with Gasteiger partial charge in [0.25, 0.3) is 0 Å². The van der Waals surface area contributed by atoms with E-state index in [1.807, 2.05) is 6.20 Å². The molecular formula is C13H22N2O2S. The topological polar surface area (TPSA) is 43.4 Å². The highest BCUT2D eigenvalue weighted by Gasteiger charge is 2.24. The highest BCUT2D eigenvalue weighted by Crippen LogP contribution is 2.24. The van der Waals surface area contributed by atoms with E-state index in [0.717, 1.165) is 24.5 Å². The summed E-state index contributed by atoms with van der Waals surface area (Å²) in [5.41, 5.74) is 0. The predicted molar refractivity (Wildman–Crippen MR) is 74.1 cm³/mol. The molecular weight excluding hydrogens is 248 g/mol. The Morgan fingerprint density at radius 2 is 2.17 bits per heavy atom. The molecule has 102 valence electrons. The Kier molecular flexibility index (Phi) is 4.97. The van der Waals surface area contributed by atoms with Gasteiger partial charge < -0.3 is 14.8 Å². The largest absolute Gasteiger partial charge is 0.375 e. The Morgan fingerprint density at radius 1 is 1.44 bits per heavy atom. The van der Waals surface area contributed by atoms with Gasteiger partial charge in [-0.3, -0.25) is 0 Å². The van der Waals surface area contributed by atoms with Crippen molar-refractivity contribution in [1.29, 1.82) is 0 Å². The Balaban J connectivity index is 1.79. The highest BCUT2D eigenvalue weighted by molar-refractivity contribution is 7.15. The number of rotatable bonds is 5. The maximum Gasteiger partial charge on any atom is 0.182 e. The second-order valence-electron chi connectivity index (χ2n) is 4.82. The SMILES string of the molecule is CCNc1ncc(COC2CC(C)OC(C)C2)s1. The first-order valence-corrected chi connectivity index (χ1v) is 7.44. The Labute approximate surface area is 113 Å². The monoisotopic (exact) mass is 270 g/mol. The fourth-order valence-corrected chi connectivity index (χ4v) is 3.09. The van der Waals surface area contributed by atoms with Crippen molar-refractivity contribution in [3.05, 3.63) is 11.1 Å². The first-order chi connectivity index (χ1) is 8.67. The van der Waals surface area contributed by atoms with Crippen LogP contribution in [0, 0.1) is 0 Å². The summed E-state index contributed by atoms with van der Waals surface area (Å²) < 4.78 is 11.7. The first-order valence-electron chi connectivity index (χ1n) is 6.63. The minimum absolute atomic E-state index is 0.303. The summed E-state index contributed by atoms with van der Waals surface area (Å²) in [5.74, 6) is 0. The summed E-state index contributed by atoms with van der Waals surface area (Å²) in [6.07, 6.45) is 4.80. The average Bonchev–Trinajstić information content (AvgIpc) is 2.74. The molecule has 1 fully saturated rings. The normalized spacial score (nSPS) is 28.3. The predicted octanol–water partition coefficient (Wildman–Crippen LogP) is 3.05. The van der Waals surface area contributed by atoms with Crippen molar-refractivity contribution in [3.63, 3.8) is 0 Å². The van der Waals surface area contributed by atoms with Crippen LogP contribution in [0.5, 0.6) is 0 Å². The molecule has 1 aliphatic rings. The van der Waals surface area contributed by atoms with Gasteiger partial charge in [0.15, 0.2) is 5.13 Å². The third kappa shape index (κ3) is 3.93. The number of hydrogen-bond donors (Lipinski definition) is 1. The van der Waals surface area contributed by atoms with E-state index in [1.165, 1.54) is 4.88 Å². The van der Waals surface area contributed by atoms with Gasteiger partial charge in [-0.25, -0.2) is 4.98 Å². The molecule has 0 saturated carbocycles. The zero-order valence-corrected chi connectivity index (χ0v) is 12.1. The molecule has 18 heavy (non-hydrogen) atoms. The summed E-state index contributed by atoms with van der Waals surface area (Å²) in [5, 5.41) is 4.19. The number of anilines is 1. The Hall–Kier alpha value is -0.650. The van der Waals surface area contributed by atoms with E-state index < -0.39 is 0 Å². The molecule has 0 spiro atoms. The van der Waals surface area contributed by atoms with Crippen molar-refractivity contribution >= 4 is 16.5 Å². The van der Waals surface area contributed by atoms with Crippen LogP contribution >= 0.6 is 11.3 Å². The van der Waals surface area contributed by atoms with E-state index in [2.05, 4.69) is 31.1 Å². The molecule has 5 heteroatoms. The molecule has 0 aliphatic carbocycles. The number of aromatic nitrogens is 1. The van der Waals surface area contributed by atoms with Gasteiger partial charge in [-0.15, -0.1) is 0 Å². The minimum atomic E-state index is 0.303. The van der Waals surface area contributed by atoms with E-state index in [9.17, 15) is 0 Å². The lowest BCUT2D eigenvalue weighted by Crippen LogP contribution is -2.33. The summed E-state index contributed by atoms with van der Waals surface area (Å²) in [6.45, 7) is 7.86. The zero-order valence-electron chi connectivity index (χ0n) is 11.3. The van der Waals surface area contributed by atoms with Gasteiger partial charge in [0, 0.05) is 12.7 Å². The summed E-state index contributed by atoms with van der Waals surface area (Å²) in [6, 6.07) is 0. The van der Waals surface area contributed by atoms with E-state index >= 15 is 0 Å². The smallest absolute Gasteiger partial charge is 0.182 e. The van der Waals surface area contributed by atoms with Gasteiger partial charge in [0.2, 0.25) is 0 Å². The molecule has 1 aliphatic heterocycles. The van der Waals surface area contributed by atoms with E-state index in [4.69, 9.17) is 9.47 Å². The van der Waals surface area contributed by atoms with Crippen LogP contribution in [0.25, 0.3) is 0 Å². The Morgan fingerprint density at radius 3 is 2.83 bits per heavy atom.